The van der Waals surface area contributed by atoms with Gasteiger partial charge in [0.2, 0.25) is 0 Å². The predicted octanol–water partition coefficient (Wildman–Crippen LogP) is 7.00. The molecule has 0 fully saturated rings. The highest BCUT2D eigenvalue weighted by molar-refractivity contribution is 5.72. The molecule has 0 aliphatic heterocycles. The van der Waals surface area contributed by atoms with E-state index in [9.17, 15) is 4.79 Å². The summed E-state index contributed by atoms with van der Waals surface area (Å²) in [5.74, 6) is 0. The lowest BCUT2D eigenvalue weighted by Crippen LogP contribution is -1.88. The lowest BCUT2D eigenvalue weighted by atomic mass is 10.0. The van der Waals surface area contributed by atoms with Gasteiger partial charge in [0.25, 0.3) is 0 Å². The fourth-order valence-corrected chi connectivity index (χ4v) is 2.71. The van der Waals surface area contributed by atoms with Gasteiger partial charge in [0.05, 0.1) is 0 Å². The van der Waals surface area contributed by atoms with Gasteiger partial charge in [0.15, 0.2) is 0 Å². The molecule has 0 radical (unpaired) electrons. The summed E-state index contributed by atoms with van der Waals surface area (Å²) in [5, 5.41) is 0. The van der Waals surface area contributed by atoms with E-state index in [4.69, 9.17) is 0 Å². The maximum Gasteiger partial charge on any atom is 0.145 e. The van der Waals surface area contributed by atoms with E-state index in [-0.39, 0.29) is 0 Å². The molecule has 0 aliphatic rings. The molecule has 0 heterocycles. The van der Waals surface area contributed by atoms with E-state index in [2.05, 4.69) is 19.9 Å². The monoisotopic (exact) mass is 294 g/mol. The van der Waals surface area contributed by atoms with Gasteiger partial charge in [-0.05, 0) is 31.3 Å². The van der Waals surface area contributed by atoms with Crippen LogP contribution in [0.1, 0.15) is 110 Å². The summed E-state index contributed by atoms with van der Waals surface area (Å²) >= 11 is 0. The third kappa shape index (κ3) is 15.6. The Morgan fingerprint density at radius 3 is 1.67 bits per heavy atom. The van der Waals surface area contributed by atoms with Crippen molar-refractivity contribution >= 4 is 6.29 Å². The number of rotatable bonds is 16. The fraction of sp³-hybridized carbons (Fsp3) is 0.850. The van der Waals surface area contributed by atoms with Gasteiger partial charge < -0.3 is 0 Å². The summed E-state index contributed by atoms with van der Waals surface area (Å²) in [4.78, 5) is 11.0. The SMILES string of the molecule is CCCCCCCCC/C=C(/C=O)CCCCCCCC. The molecule has 1 heteroatoms. The van der Waals surface area contributed by atoms with E-state index in [0.29, 0.717) is 0 Å². The molecule has 0 aromatic heterocycles. The Morgan fingerprint density at radius 2 is 1.14 bits per heavy atom. The fourth-order valence-electron chi connectivity index (χ4n) is 2.71. The van der Waals surface area contributed by atoms with Crippen molar-refractivity contribution in [3.63, 3.8) is 0 Å². The first-order valence-electron chi connectivity index (χ1n) is 9.49. The Kier molecular flexibility index (Phi) is 17.0. The standard InChI is InChI=1S/C20H38O/c1-3-5-7-9-11-12-14-16-18-20(19-21)17-15-13-10-8-6-4-2/h18-19H,3-17H2,1-2H3/b20-18+. The molecule has 0 aliphatic carbocycles. The summed E-state index contributed by atoms with van der Waals surface area (Å²) in [7, 11) is 0. The molecule has 124 valence electrons. The van der Waals surface area contributed by atoms with E-state index >= 15 is 0 Å². The van der Waals surface area contributed by atoms with E-state index in [0.717, 1.165) is 24.7 Å². The minimum Gasteiger partial charge on any atom is -0.298 e. The van der Waals surface area contributed by atoms with Gasteiger partial charge in [-0.25, -0.2) is 0 Å². The lowest BCUT2D eigenvalue weighted by Gasteiger charge is -2.02. The number of carbonyl (C=O) groups excluding carboxylic acids is 1. The Labute approximate surface area is 133 Å². The quantitative estimate of drug-likeness (QED) is 0.170. The topological polar surface area (TPSA) is 17.1 Å². The van der Waals surface area contributed by atoms with Crippen LogP contribution in [0, 0.1) is 0 Å². The van der Waals surface area contributed by atoms with Crippen LogP contribution in [0.25, 0.3) is 0 Å². The van der Waals surface area contributed by atoms with Crippen LogP contribution < -0.4 is 0 Å². The number of unbranched alkanes of at least 4 members (excludes halogenated alkanes) is 12. The molecule has 0 atom stereocenters. The second-order valence-electron chi connectivity index (χ2n) is 6.32. The smallest absolute Gasteiger partial charge is 0.145 e. The molecule has 0 bridgehead atoms. The van der Waals surface area contributed by atoms with Crippen LogP contribution >= 0.6 is 0 Å². The maximum absolute atomic E-state index is 11.0. The Morgan fingerprint density at radius 1 is 0.667 bits per heavy atom. The minimum absolute atomic E-state index is 0.992. The predicted molar refractivity (Wildman–Crippen MR) is 94.8 cm³/mol. The van der Waals surface area contributed by atoms with Crippen LogP contribution in [0.15, 0.2) is 11.6 Å². The van der Waals surface area contributed by atoms with Crippen molar-refractivity contribution in [3.05, 3.63) is 11.6 Å². The highest BCUT2D eigenvalue weighted by Gasteiger charge is 1.97. The van der Waals surface area contributed by atoms with Gasteiger partial charge >= 0.3 is 0 Å². The number of allylic oxidation sites excluding steroid dienone is 2. The van der Waals surface area contributed by atoms with E-state index in [1.807, 2.05) is 0 Å². The van der Waals surface area contributed by atoms with Gasteiger partial charge in [-0.3, -0.25) is 4.79 Å². The zero-order valence-corrected chi connectivity index (χ0v) is 14.7. The van der Waals surface area contributed by atoms with Gasteiger partial charge in [-0.1, -0.05) is 90.6 Å². The van der Waals surface area contributed by atoms with Crippen molar-refractivity contribution in [1.82, 2.24) is 0 Å². The molecule has 0 amide bonds. The third-order valence-electron chi connectivity index (χ3n) is 4.18. The molecule has 0 rings (SSSR count). The van der Waals surface area contributed by atoms with Crippen molar-refractivity contribution in [2.24, 2.45) is 0 Å². The first kappa shape index (κ1) is 20.4. The molecule has 0 saturated carbocycles. The lowest BCUT2D eigenvalue weighted by molar-refractivity contribution is -0.105. The average Bonchev–Trinajstić information content (AvgIpc) is 2.51. The maximum atomic E-state index is 11.0. The molecule has 0 saturated heterocycles. The first-order chi connectivity index (χ1) is 10.3. The van der Waals surface area contributed by atoms with Crippen molar-refractivity contribution in [2.75, 3.05) is 0 Å². The van der Waals surface area contributed by atoms with Crippen LogP contribution in [-0.4, -0.2) is 6.29 Å². The molecular formula is C20H38O. The number of hydrogen-bond donors (Lipinski definition) is 0. The Bertz CT molecular complexity index is 242. The Hall–Kier alpha value is -0.590. The van der Waals surface area contributed by atoms with Gasteiger partial charge in [-0.15, -0.1) is 0 Å². The highest BCUT2D eigenvalue weighted by atomic mass is 16.1. The zero-order valence-electron chi connectivity index (χ0n) is 14.7. The van der Waals surface area contributed by atoms with E-state index < -0.39 is 0 Å². The van der Waals surface area contributed by atoms with Crippen LogP contribution in [-0.2, 0) is 4.79 Å². The summed E-state index contributed by atoms with van der Waals surface area (Å²) in [6.45, 7) is 4.51. The van der Waals surface area contributed by atoms with Gasteiger partial charge in [0, 0.05) is 0 Å². The van der Waals surface area contributed by atoms with Gasteiger partial charge in [0.1, 0.15) is 6.29 Å². The largest absolute Gasteiger partial charge is 0.298 e. The van der Waals surface area contributed by atoms with E-state index in [1.54, 1.807) is 0 Å². The molecule has 0 unspecified atom stereocenters. The van der Waals surface area contributed by atoms with Crippen LogP contribution in [0.2, 0.25) is 0 Å². The molecule has 21 heavy (non-hydrogen) atoms. The second kappa shape index (κ2) is 17.5. The summed E-state index contributed by atoms with van der Waals surface area (Å²) in [6.07, 6.45) is 22.6. The van der Waals surface area contributed by atoms with Crippen LogP contribution in [0.3, 0.4) is 0 Å². The molecule has 0 N–H and O–H groups in total. The van der Waals surface area contributed by atoms with Crippen molar-refractivity contribution in [2.45, 2.75) is 110 Å². The zero-order chi connectivity index (χ0) is 15.6. The highest BCUT2D eigenvalue weighted by Crippen LogP contribution is 2.13. The average molecular weight is 295 g/mol. The van der Waals surface area contributed by atoms with Gasteiger partial charge in [-0.2, -0.15) is 0 Å². The normalized spacial score (nSPS) is 11.8. The summed E-state index contributed by atoms with van der Waals surface area (Å²) in [6, 6.07) is 0. The van der Waals surface area contributed by atoms with Crippen molar-refractivity contribution < 1.29 is 4.79 Å². The molecular weight excluding hydrogens is 256 g/mol. The third-order valence-corrected chi connectivity index (χ3v) is 4.18. The molecule has 0 spiro atoms. The molecule has 0 aromatic carbocycles. The number of hydrogen-bond acceptors (Lipinski definition) is 1. The van der Waals surface area contributed by atoms with Crippen LogP contribution in [0.5, 0.6) is 0 Å². The van der Waals surface area contributed by atoms with E-state index in [1.165, 1.54) is 83.5 Å². The van der Waals surface area contributed by atoms with Crippen molar-refractivity contribution in [3.8, 4) is 0 Å². The number of aldehydes is 1. The van der Waals surface area contributed by atoms with Crippen molar-refractivity contribution in [1.29, 1.82) is 0 Å². The summed E-state index contributed by atoms with van der Waals surface area (Å²) < 4.78 is 0. The van der Waals surface area contributed by atoms with Crippen LogP contribution in [0.4, 0.5) is 0 Å². The number of carbonyl (C=O) groups is 1. The molecule has 0 aromatic rings. The summed E-state index contributed by atoms with van der Waals surface area (Å²) in [5.41, 5.74) is 1.04. The first-order valence-corrected chi connectivity index (χ1v) is 9.49. The minimum atomic E-state index is 0.992. The second-order valence-corrected chi connectivity index (χ2v) is 6.32. The Balaban J connectivity index is 3.46. The molecule has 1 nitrogen and oxygen atoms in total.